The molecule has 0 fully saturated rings. The maximum atomic E-state index is 10.5. The highest BCUT2D eigenvalue weighted by Crippen LogP contribution is 2.25. The molecule has 0 atom stereocenters. The lowest BCUT2D eigenvalue weighted by molar-refractivity contribution is 0.469. The van der Waals surface area contributed by atoms with Gasteiger partial charge in [-0.25, -0.2) is 0 Å². The molecule has 0 spiro atoms. The molecule has 0 saturated carbocycles. The first kappa shape index (κ1) is 9.50. The molecule has 0 unspecified atom stereocenters. The van der Waals surface area contributed by atoms with E-state index in [1.54, 1.807) is 0 Å². The molecule has 1 aromatic rings. The molecule has 0 aliphatic rings. The van der Waals surface area contributed by atoms with Crippen LogP contribution >= 0.6 is 15.9 Å². The zero-order valence-corrected chi connectivity index (χ0v) is 8.13. The molecule has 0 aromatic heterocycles. The summed E-state index contributed by atoms with van der Waals surface area (Å²) in [7, 11) is -4.18. The lowest BCUT2D eigenvalue weighted by Gasteiger charge is -1.98. The molecule has 4 nitrogen and oxygen atoms in total. The minimum absolute atomic E-state index is 0.0811. The quantitative estimate of drug-likeness (QED) is 0.742. The van der Waals surface area contributed by atoms with Crippen LogP contribution in [-0.4, -0.2) is 18.1 Å². The Kier molecular flexibility index (Phi) is 2.41. The number of hydrogen-bond acceptors (Lipinski definition) is 3. The van der Waals surface area contributed by atoms with Gasteiger partial charge >= 0.3 is 0 Å². The molecule has 0 radical (unpaired) electrons. The summed E-state index contributed by atoms with van der Waals surface area (Å²) in [5, 5.41) is 8.99. The molecule has 2 N–H and O–H groups in total. The van der Waals surface area contributed by atoms with Crippen molar-refractivity contribution in [2.45, 2.75) is 4.90 Å². The third-order valence-corrected chi connectivity index (χ3v) is 2.70. The van der Waals surface area contributed by atoms with Gasteiger partial charge < -0.3 is 5.11 Å². The number of benzene rings is 1. The van der Waals surface area contributed by atoms with Crippen LogP contribution in [0.25, 0.3) is 0 Å². The van der Waals surface area contributed by atoms with E-state index in [1.165, 1.54) is 6.07 Å². The molecule has 1 aromatic carbocycles. The number of phenolic OH excluding ortho intramolecular Hbond substituents is 1. The number of aromatic hydroxyl groups is 1. The van der Waals surface area contributed by atoms with E-state index in [9.17, 15) is 8.42 Å². The molecule has 0 bridgehead atoms. The van der Waals surface area contributed by atoms with Crippen molar-refractivity contribution in [3.63, 3.8) is 0 Å². The van der Waals surface area contributed by atoms with E-state index in [0.717, 1.165) is 12.1 Å². The highest BCUT2D eigenvalue weighted by atomic mass is 79.9. The van der Waals surface area contributed by atoms with Crippen molar-refractivity contribution in [3.8, 4) is 5.75 Å². The molecule has 0 aliphatic heterocycles. The van der Waals surface area contributed by atoms with Crippen molar-refractivity contribution in [1.29, 1.82) is 0 Å². The second-order valence-electron chi connectivity index (χ2n) is 2.09. The highest BCUT2D eigenvalue weighted by Gasteiger charge is 2.10. The van der Waals surface area contributed by atoms with Crippen LogP contribution in [0.1, 0.15) is 0 Å². The first-order valence-corrected chi connectivity index (χ1v) is 5.10. The van der Waals surface area contributed by atoms with Gasteiger partial charge in [-0.3, -0.25) is 4.55 Å². The SMILES string of the molecule is O=S(=O)(O)c1ccc(O)c(Br)c1. The fourth-order valence-corrected chi connectivity index (χ4v) is 1.69. The Morgan fingerprint density at radius 1 is 1.33 bits per heavy atom. The highest BCUT2D eigenvalue weighted by molar-refractivity contribution is 9.10. The molecule has 66 valence electrons. The predicted molar refractivity (Wildman–Crippen MR) is 45.6 cm³/mol. The Morgan fingerprint density at radius 3 is 2.33 bits per heavy atom. The average Bonchev–Trinajstić information content (AvgIpc) is 1.92. The number of hydrogen-bond donors (Lipinski definition) is 2. The standard InChI is InChI=1S/C6H5BrO4S/c7-5-3-4(12(9,10)11)1-2-6(5)8/h1-3,8H,(H,9,10,11). The minimum Gasteiger partial charge on any atom is -0.507 e. The Bertz CT molecular complexity index is 398. The van der Waals surface area contributed by atoms with Gasteiger partial charge in [-0.2, -0.15) is 8.42 Å². The topological polar surface area (TPSA) is 74.6 Å². The first-order chi connectivity index (χ1) is 5.41. The summed E-state index contributed by atoms with van der Waals surface area (Å²) >= 11 is 2.91. The van der Waals surface area contributed by atoms with Crippen LogP contribution in [0, 0.1) is 0 Å². The Morgan fingerprint density at radius 2 is 1.92 bits per heavy atom. The van der Waals surface area contributed by atoms with Crippen LogP contribution in [0.2, 0.25) is 0 Å². The van der Waals surface area contributed by atoms with Crippen LogP contribution < -0.4 is 0 Å². The van der Waals surface area contributed by atoms with E-state index in [2.05, 4.69) is 15.9 Å². The van der Waals surface area contributed by atoms with Crippen LogP contribution in [0.5, 0.6) is 5.75 Å². The molecule has 0 saturated heterocycles. The molecule has 0 aliphatic carbocycles. The van der Waals surface area contributed by atoms with Gasteiger partial charge in [0.25, 0.3) is 10.1 Å². The fourth-order valence-electron chi connectivity index (χ4n) is 0.648. The second kappa shape index (κ2) is 3.04. The number of halogens is 1. The Labute approximate surface area is 77.7 Å². The van der Waals surface area contributed by atoms with E-state index in [1.807, 2.05) is 0 Å². The normalized spacial score (nSPS) is 11.5. The van der Waals surface area contributed by atoms with Gasteiger partial charge in [0.05, 0.1) is 9.37 Å². The maximum Gasteiger partial charge on any atom is 0.294 e. The minimum atomic E-state index is -4.18. The van der Waals surface area contributed by atoms with Crippen molar-refractivity contribution in [1.82, 2.24) is 0 Å². The monoisotopic (exact) mass is 252 g/mol. The van der Waals surface area contributed by atoms with Crippen LogP contribution in [0.4, 0.5) is 0 Å². The van der Waals surface area contributed by atoms with Crippen LogP contribution in [-0.2, 0) is 10.1 Å². The van der Waals surface area contributed by atoms with Crippen molar-refractivity contribution in [2.75, 3.05) is 0 Å². The molecule has 6 heteroatoms. The summed E-state index contributed by atoms with van der Waals surface area (Å²) in [5.41, 5.74) is 0. The lowest BCUT2D eigenvalue weighted by atomic mass is 10.3. The van der Waals surface area contributed by atoms with E-state index < -0.39 is 10.1 Å². The van der Waals surface area contributed by atoms with Crippen molar-refractivity contribution in [2.24, 2.45) is 0 Å². The summed E-state index contributed by atoms with van der Waals surface area (Å²) in [6.07, 6.45) is 0. The van der Waals surface area contributed by atoms with Gasteiger partial charge in [0.15, 0.2) is 0 Å². The second-order valence-corrected chi connectivity index (χ2v) is 4.36. The molecular weight excluding hydrogens is 248 g/mol. The summed E-state index contributed by atoms with van der Waals surface area (Å²) in [6.45, 7) is 0. The van der Waals surface area contributed by atoms with Gasteiger partial charge in [-0.1, -0.05) is 0 Å². The van der Waals surface area contributed by atoms with Crippen molar-refractivity contribution in [3.05, 3.63) is 22.7 Å². The molecule has 0 amide bonds. The van der Waals surface area contributed by atoms with Crippen LogP contribution in [0.15, 0.2) is 27.6 Å². The summed E-state index contributed by atoms with van der Waals surface area (Å²) in [6, 6.07) is 3.40. The zero-order chi connectivity index (χ0) is 9.35. The van der Waals surface area contributed by atoms with Gasteiger partial charge in [-0.05, 0) is 34.1 Å². The van der Waals surface area contributed by atoms with Crippen molar-refractivity contribution < 1.29 is 18.1 Å². The summed E-state index contributed by atoms with van der Waals surface area (Å²) < 4.78 is 29.9. The smallest absolute Gasteiger partial charge is 0.294 e. The largest absolute Gasteiger partial charge is 0.507 e. The third kappa shape index (κ3) is 1.96. The first-order valence-electron chi connectivity index (χ1n) is 2.87. The Balaban J connectivity index is 3.33. The van der Waals surface area contributed by atoms with Gasteiger partial charge in [0.2, 0.25) is 0 Å². The fraction of sp³-hybridized carbons (Fsp3) is 0. The van der Waals surface area contributed by atoms with E-state index in [4.69, 9.17) is 9.66 Å². The van der Waals surface area contributed by atoms with Crippen molar-refractivity contribution >= 4 is 26.0 Å². The van der Waals surface area contributed by atoms with Gasteiger partial charge in [0, 0.05) is 0 Å². The number of rotatable bonds is 1. The lowest BCUT2D eigenvalue weighted by Crippen LogP contribution is -1.97. The summed E-state index contributed by atoms with van der Waals surface area (Å²) in [4.78, 5) is -0.257. The zero-order valence-electron chi connectivity index (χ0n) is 5.73. The van der Waals surface area contributed by atoms with E-state index >= 15 is 0 Å². The molecule has 0 heterocycles. The van der Waals surface area contributed by atoms with Gasteiger partial charge in [-0.15, -0.1) is 0 Å². The van der Waals surface area contributed by atoms with Gasteiger partial charge in [0.1, 0.15) is 5.75 Å². The molecule has 12 heavy (non-hydrogen) atoms. The average molecular weight is 253 g/mol. The third-order valence-electron chi connectivity index (χ3n) is 1.22. The number of phenols is 1. The van der Waals surface area contributed by atoms with E-state index in [-0.39, 0.29) is 15.1 Å². The predicted octanol–water partition coefficient (Wildman–Crippen LogP) is 1.40. The van der Waals surface area contributed by atoms with E-state index in [0.29, 0.717) is 0 Å². The summed E-state index contributed by atoms with van der Waals surface area (Å²) in [5.74, 6) is -0.0811. The maximum absolute atomic E-state index is 10.5. The molecule has 1 rings (SSSR count). The molecular formula is C6H5BrO4S. The van der Waals surface area contributed by atoms with Crippen LogP contribution in [0.3, 0.4) is 0 Å². The Hall–Kier alpha value is -0.590.